The minimum atomic E-state index is -0.373. The molecule has 0 unspecified atom stereocenters. The van der Waals surface area contributed by atoms with Crippen LogP contribution in [0.25, 0.3) is 0 Å². The molecule has 0 aliphatic heterocycles. The van der Waals surface area contributed by atoms with Gasteiger partial charge in [-0.3, -0.25) is 0 Å². The van der Waals surface area contributed by atoms with Crippen molar-refractivity contribution < 1.29 is 9.63 Å². The Labute approximate surface area is 171 Å². The zero-order chi connectivity index (χ0) is 20.8. The number of aryl methyl sites for hydroxylation is 2. The summed E-state index contributed by atoms with van der Waals surface area (Å²) in [5.41, 5.74) is 7.37. The highest BCUT2D eigenvalue weighted by Gasteiger charge is 2.16. The molecule has 0 bridgehead atoms. The van der Waals surface area contributed by atoms with E-state index in [1.54, 1.807) is 7.05 Å². The van der Waals surface area contributed by atoms with E-state index in [9.17, 15) is 4.79 Å². The molecule has 2 aromatic rings. The molecular weight excluding hydrogens is 366 g/mol. The average molecular weight is 393 g/mol. The van der Waals surface area contributed by atoms with E-state index in [2.05, 4.69) is 39.0 Å². The molecule has 2 aromatic carbocycles. The number of rotatable bonds is 6. The summed E-state index contributed by atoms with van der Waals surface area (Å²) in [6.07, 6.45) is 3.42. The summed E-state index contributed by atoms with van der Waals surface area (Å²) >= 11 is 0. The van der Waals surface area contributed by atoms with Crippen molar-refractivity contribution in [2.75, 3.05) is 19.4 Å². The fourth-order valence-corrected chi connectivity index (χ4v) is 3.58. The lowest BCUT2D eigenvalue weighted by Gasteiger charge is -2.15. The van der Waals surface area contributed by atoms with Gasteiger partial charge in [-0.2, -0.15) is 10.1 Å². The highest BCUT2D eigenvalue weighted by molar-refractivity contribution is 6.00. The Morgan fingerprint density at radius 1 is 1.21 bits per heavy atom. The topological polar surface area (TPSA) is 78.7 Å². The minimum Gasteiger partial charge on any atom is -0.391 e. The van der Waals surface area contributed by atoms with Crippen molar-refractivity contribution in [2.45, 2.75) is 39.7 Å². The molecule has 0 heterocycles. The van der Waals surface area contributed by atoms with Gasteiger partial charge >= 0.3 is 6.03 Å². The normalized spacial score (nSPS) is 13.4. The number of urea groups is 1. The van der Waals surface area contributed by atoms with Gasteiger partial charge in [0.05, 0.1) is 12.8 Å². The van der Waals surface area contributed by atoms with E-state index in [4.69, 9.17) is 4.84 Å². The number of nitrogens with zero attached hydrogens (tertiary/aromatic N) is 4. The summed E-state index contributed by atoms with van der Waals surface area (Å²) in [5, 5.41) is 15.7. The third kappa shape index (κ3) is 4.80. The molecule has 3 rings (SSSR count). The number of hydrogen-bond acceptors (Lipinski definition) is 5. The van der Waals surface area contributed by atoms with Crippen molar-refractivity contribution in [3.8, 4) is 0 Å². The van der Waals surface area contributed by atoms with Crippen LogP contribution in [0, 0.1) is 6.92 Å². The van der Waals surface area contributed by atoms with Crippen LogP contribution in [0.15, 0.2) is 51.9 Å². The third-order valence-corrected chi connectivity index (χ3v) is 5.12. The minimum absolute atomic E-state index is 0.258. The standard InChI is InChI=1S/C22H27N5O2/c1-15-8-5-13-21(24-22(28)27(4)26-23-3)20(15)14-29-25-16(2)18-11-6-9-17-10-7-12-19(17)18/h5-6,8-9,11,13H,7,10,12,14H2,1-4H3,(H,24,28)/b25-16-,26-23-. The number of amides is 2. The first-order valence-corrected chi connectivity index (χ1v) is 9.72. The summed E-state index contributed by atoms with van der Waals surface area (Å²) in [6, 6.07) is 11.7. The maximum Gasteiger partial charge on any atom is 0.343 e. The largest absolute Gasteiger partial charge is 0.391 e. The molecule has 0 saturated carbocycles. The second kappa shape index (κ2) is 9.32. The van der Waals surface area contributed by atoms with Crippen LogP contribution in [0.5, 0.6) is 0 Å². The van der Waals surface area contributed by atoms with Crippen molar-refractivity contribution in [3.05, 3.63) is 64.2 Å². The molecule has 1 aliphatic carbocycles. The first-order valence-electron chi connectivity index (χ1n) is 9.72. The average Bonchev–Trinajstić information content (AvgIpc) is 3.19. The van der Waals surface area contributed by atoms with Gasteiger partial charge in [0.2, 0.25) is 0 Å². The molecule has 2 amide bonds. The molecule has 1 aliphatic rings. The molecule has 0 atom stereocenters. The third-order valence-electron chi connectivity index (χ3n) is 5.12. The molecule has 152 valence electrons. The first-order chi connectivity index (χ1) is 14.0. The van der Waals surface area contributed by atoms with Crippen LogP contribution in [-0.2, 0) is 24.3 Å². The van der Waals surface area contributed by atoms with Crippen LogP contribution in [0.3, 0.4) is 0 Å². The number of oxime groups is 1. The highest BCUT2D eigenvalue weighted by Crippen LogP contribution is 2.26. The second-order valence-electron chi connectivity index (χ2n) is 7.09. The molecule has 29 heavy (non-hydrogen) atoms. The summed E-state index contributed by atoms with van der Waals surface area (Å²) in [4.78, 5) is 17.9. The lowest BCUT2D eigenvalue weighted by Crippen LogP contribution is -2.27. The Bertz CT molecular complexity index is 952. The molecule has 7 heteroatoms. The van der Waals surface area contributed by atoms with E-state index in [1.165, 1.54) is 24.6 Å². The van der Waals surface area contributed by atoms with Gasteiger partial charge in [0.15, 0.2) is 0 Å². The van der Waals surface area contributed by atoms with Gasteiger partial charge in [-0.05, 0) is 55.9 Å². The zero-order valence-electron chi connectivity index (χ0n) is 17.4. The maximum absolute atomic E-state index is 12.2. The van der Waals surface area contributed by atoms with E-state index in [-0.39, 0.29) is 12.6 Å². The number of carbonyl (C=O) groups excluding carboxylic acids is 1. The van der Waals surface area contributed by atoms with Gasteiger partial charge < -0.3 is 10.2 Å². The maximum atomic E-state index is 12.2. The Balaban J connectivity index is 1.73. The fraction of sp³-hybridized carbons (Fsp3) is 0.364. The number of carbonyl (C=O) groups is 1. The highest BCUT2D eigenvalue weighted by atomic mass is 16.6. The van der Waals surface area contributed by atoms with E-state index < -0.39 is 0 Å². The SMILES string of the molecule is C/N=N\N(C)C(=O)Nc1cccc(C)c1CO/N=C(/C)c1cccc2c1CCC2. The smallest absolute Gasteiger partial charge is 0.343 e. The summed E-state index contributed by atoms with van der Waals surface area (Å²) in [5.74, 6) is 0. The van der Waals surface area contributed by atoms with Gasteiger partial charge in [0.1, 0.15) is 6.61 Å². The molecule has 0 saturated heterocycles. The number of anilines is 1. The van der Waals surface area contributed by atoms with Crippen molar-refractivity contribution in [2.24, 2.45) is 15.5 Å². The van der Waals surface area contributed by atoms with Crippen molar-refractivity contribution >= 4 is 17.4 Å². The monoisotopic (exact) mass is 393 g/mol. The molecule has 0 aromatic heterocycles. The number of fused-ring (bicyclic) bond motifs is 1. The molecule has 1 N–H and O–H groups in total. The van der Waals surface area contributed by atoms with Crippen LogP contribution in [0.1, 0.15) is 41.2 Å². The van der Waals surface area contributed by atoms with E-state index in [0.29, 0.717) is 5.69 Å². The van der Waals surface area contributed by atoms with Gasteiger partial charge in [-0.1, -0.05) is 40.7 Å². The van der Waals surface area contributed by atoms with Gasteiger partial charge in [0.25, 0.3) is 0 Å². The van der Waals surface area contributed by atoms with Crippen LogP contribution in [-0.4, -0.2) is 30.8 Å². The van der Waals surface area contributed by atoms with Crippen molar-refractivity contribution in [1.82, 2.24) is 5.01 Å². The summed E-state index contributed by atoms with van der Waals surface area (Å²) < 4.78 is 0. The van der Waals surface area contributed by atoms with Crippen LogP contribution < -0.4 is 5.32 Å². The van der Waals surface area contributed by atoms with E-state index in [0.717, 1.165) is 40.3 Å². The fourth-order valence-electron chi connectivity index (χ4n) is 3.58. The predicted molar refractivity (Wildman–Crippen MR) is 114 cm³/mol. The zero-order valence-corrected chi connectivity index (χ0v) is 17.4. The van der Waals surface area contributed by atoms with E-state index in [1.807, 2.05) is 32.0 Å². The van der Waals surface area contributed by atoms with Gasteiger partial charge in [-0.25, -0.2) is 4.79 Å². The Morgan fingerprint density at radius 3 is 2.79 bits per heavy atom. The molecule has 0 spiro atoms. The lowest BCUT2D eigenvalue weighted by molar-refractivity contribution is 0.130. The van der Waals surface area contributed by atoms with Crippen LogP contribution >= 0.6 is 0 Å². The Kier molecular flexibility index (Phi) is 6.59. The summed E-state index contributed by atoms with van der Waals surface area (Å²) in [7, 11) is 3.05. The van der Waals surface area contributed by atoms with Gasteiger partial charge in [0, 0.05) is 23.9 Å². The molecule has 0 fully saturated rings. The Morgan fingerprint density at radius 2 is 2.00 bits per heavy atom. The van der Waals surface area contributed by atoms with Crippen LogP contribution in [0.2, 0.25) is 0 Å². The predicted octanol–water partition coefficient (Wildman–Crippen LogP) is 4.89. The molecule has 0 radical (unpaired) electrons. The van der Waals surface area contributed by atoms with Crippen LogP contribution in [0.4, 0.5) is 10.5 Å². The number of nitrogens with one attached hydrogen (secondary N) is 1. The van der Waals surface area contributed by atoms with Crippen molar-refractivity contribution in [3.63, 3.8) is 0 Å². The van der Waals surface area contributed by atoms with E-state index >= 15 is 0 Å². The van der Waals surface area contributed by atoms with Gasteiger partial charge in [-0.15, -0.1) is 0 Å². The second-order valence-corrected chi connectivity index (χ2v) is 7.09. The number of hydrogen-bond donors (Lipinski definition) is 1. The quantitative estimate of drug-likeness (QED) is 0.431. The molecular formula is C22H27N5O2. The molecule has 7 nitrogen and oxygen atoms in total. The first kappa shape index (κ1) is 20.5. The Hall–Kier alpha value is -3.22. The number of benzene rings is 2. The lowest BCUT2D eigenvalue weighted by atomic mass is 10.0. The van der Waals surface area contributed by atoms with Crippen molar-refractivity contribution in [1.29, 1.82) is 0 Å². The summed E-state index contributed by atoms with van der Waals surface area (Å²) in [6.45, 7) is 4.21.